The highest BCUT2D eigenvalue weighted by Crippen LogP contribution is 2.44. The minimum atomic E-state index is 0.323. The fraction of sp³-hybridized carbons (Fsp3) is 0.455. The summed E-state index contributed by atoms with van der Waals surface area (Å²) >= 11 is 6.00. The summed E-state index contributed by atoms with van der Waals surface area (Å²) in [5.41, 5.74) is 4.44. The van der Waals surface area contributed by atoms with Crippen LogP contribution in [0.15, 0.2) is 35.5 Å². The van der Waals surface area contributed by atoms with E-state index in [1.807, 2.05) is 32.2 Å². The predicted molar refractivity (Wildman–Crippen MR) is 109 cm³/mol. The van der Waals surface area contributed by atoms with E-state index in [4.69, 9.17) is 26.1 Å². The number of halogens is 1. The molecule has 4 nitrogen and oxygen atoms in total. The van der Waals surface area contributed by atoms with Gasteiger partial charge in [0, 0.05) is 23.2 Å². The van der Waals surface area contributed by atoms with E-state index in [0.29, 0.717) is 30.3 Å². The molecule has 142 valence electrons. The molecule has 1 aliphatic carbocycles. The average molecular weight is 385 g/mol. The van der Waals surface area contributed by atoms with Gasteiger partial charge < -0.3 is 9.47 Å². The van der Waals surface area contributed by atoms with Crippen molar-refractivity contribution in [1.29, 1.82) is 0 Å². The van der Waals surface area contributed by atoms with Crippen LogP contribution in [0.25, 0.3) is 0 Å². The number of fused-ring (bicyclic) bond motifs is 3. The zero-order valence-electron chi connectivity index (χ0n) is 15.9. The third-order valence-electron chi connectivity index (χ3n) is 5.40. The molecular weight excluding hydrogens is 360 g/mol. The molecule has 0 amide bonds. The van der Waals surface area contributed by atoms with Crippen LogP contribution in [-0.4, -0.2) is 30.0 Å². The molecule has 5 heteroatoms. The first-order valence-electron chi connectivity index (χ1n) is 9.84. The number of aliphatic imine (C=N–C) groups is 1. The van der Waals surface area contributed by atoms with E-state index in [9.17, 15) is 0 Å². The summed E-state index contributed by atoms with van der Waals surface area (Å²) in [5.74, 6) is 2.06. The fourth-order valence-corrected chi connectivity index (χ4v) is 4.35. The molecule has 2 aromatic rings. The topological polar surface area (TPSA) is 43.7 Å². The molecule has 0 radical (unpaired) electrons. The van der Waals surface area contributed by atoms with Gasteiger partial charge in [0.05, 0.1) is 25.0 Å². The largest absolute Gasteiger partial charge is 0.490 e. The van der Waals surface area contributed by atoms with Gasteiger partial charge in [0.2, 0.25) is 0 Å². The van der Waals surface area contributed by atoms with Crippen molar-refractivity contribution in [2.75, 3.05) is 13.2 Å². The normalized spacial score (nSPS) is 21.1. The Kier molecular flexibility index (Phi) is 5.35. The molecule has 1 fully saturated rings. The molecule has 1 saturated carbocycles. The maximum absolute atomic E-state index is 6.00. The lowest BCUT2D eigenvalue weighted by atomic mass is 9.75. The van der Waals surface area contributed by atoms with Crippen LogP contribution in [0.5, 0.6) is 11.5 Å². The second-order valence-electron chi connectivity index (χ2n) is 7.06. The van der Waals surface area contributed by atoms with Gasteiger partial charge in [-0.3, -0.25) is 4.99 Å². The van der Waals surface area contributed by atoms with E-state index in [1.165, 1.54) is 24.8 Å². The van der Waals surface area contributed by atoms with E-state index in [1.54, 1.807) is 0 Å². The van der Waals surface area contributed by atoms with Gasteiger partial charge in [0.25, 0.3) is 0 Å². The highest BCUT2D eigenvalue weighted by molar-refractivity contribution is 6.29. The van der Waals surface area contributed by atoms with Crippen LogP contribution in [0.4, 0.5) is 0 Å². The molecule has 1 aromatic heterocycles. The summed E-state index contributed by atoms with van der Waals surface area (Å²) in [6, 6.07) is 8.43. The Bertz CT molecular complexity index is 848. The number of hydrogen-bond acceptors (Lipinski definition) is 4. The molecule has 0 N–H and O–H groups in total. The van der Waals surface area contributed by atoms with Crippen LogP contribution in [0.1, 0.15) is 62.1 Å². The lowest BCUT2D eigenvalue weighted by molar-refractivity contribution is 0.286. The second-order valence-corrected chi connectivity index (χ2v) is 7.45. The smallest absolute Gasteiger partial charge is 0.161 e. The Morgan fingerprint density at radius 3 is 2.48 bits per heavy atom. The SMILES string of the molecule is CCOc1cc2c(cc1OCC)[C@H]1CCCC[C@H]1N=C2c1ccc(Cl)nc1. The summed E-state index contributed by atoms with van der Waals surface area (Å²) in [7, 11) is 0. The Morgan fingerprint density at radius 2 is 1.78 bits per heavy atom. The molecule has 4 rings (SSSR count). The van der Waals surface area contributed by atoms with Crippen LogP contribution in [0, 0.1) is 0 Å². The number of nitrogens with zero attached hydrogens (tertiary/aromatic N) is 2. The molecule has 0 saturated heterocycles. The molecule has 2 heterocycles. The van der Waals surface area contributed by atoms with Crippen molar-refractivity contribution < 1.29 is 9.47 Å². The van der Waals surface area contributed by atoms with Gasteiger partial charge in [0.1, 0.15) is 5.15 Å². The highest BCUT2D eigenvalue weighted by atomic mass is 35.5. The molecule has 0 spiro atoms. The van der Waals surface area contributed by atoms with E-state index in [0.717, 1.165) is 34.8 Å². The van der Waals surface area contributed by atoms with Crippen molar-refractivity contribution in [1.82, 2.24) is 4.98 Å². The third kappa shape index (κ3) is 3.55. The fourth-order valence-electron chi connectivity index (χ4n) is 4.23. The predicted octanol–water partition coefficient (Wildman–Crippen LogP) is 5.41. The van der Waals surface area contributed by atoms with Gasteiger partial charge in [-0.05, 0) is 56.5 Å². The maximum atomic E-state index is 6.00. The molecule has 27 heavy (non-hydrogen) atoms. The lowest BCUT2D eigenvalue weighted by Crippen LogP contribution is -2.29. The summed E-state index contributed by atoms with van der Waals surface area (Å²) < 4.78 is 11.8. The van der Waals surface area contributed by atoms with Crippen molar-refractivity contribution in [3.8, 4) is 11.5 Å². The molecular formula is C22H25ClN2O2. The molecule has 2 aliphatic rings. The summed E-state index contributed by atoms with van der Waals surface area (Å²) in [5, 5.41) is 0.493. The van der Waals surface area contributed by atoms with Crippen LogP contribution in [0.2, 0.25) is 5.15 Å². The monoisotopic (exact) mass is 384 g/mol. The summed E-state index contributed by atoms with van der Waals surface area (Å²) in [4.78, 5) is 9.42. The Morgan fingerprint density at radius 1 is 1.04 bits per heavy atom. The van der Waals surface area contributed by atoms with Gasteiger partial charge in [0.15, 0.2) is 11.5 Å². The molecule has 1 aliphatic heterocycles. The van der Waals surface area contributed by atoms with Crippen molar-refractivity contribution in [2.24, 2.45) is 4.99 Å². The molecule has 0 unspecified atom stereocenters. The number of pyridine rings is 1. The zero-order chi connectivity index (χ0) is 18.8. The van der Waals surface area contributed by atoms with Crippen molar-refractivity contribution in [2.45, 2.75) is 51.5 Å². The van der Waals surface area contributed by atoms with Crippen molar-refractivity contribution >= 4 is 17.3 Å². The number of benzene rings is 1. The Labute approximate surface area is 165 Å². The van der Waals surface area contributed by atoms with Crippen molar-refractivity contribution in [3.05, 3.63) is 52.3 Å². The first kappa shape index (κ1) is 18.3. The minimum Gasteiger partial charge on any atom is -0.490 e. The van der Waals surface area contributed by atoms with E-state index < -0.39 is 0 Å². The van der Waals surface area contributed by atoms with Gasteiger partial charge in [-0.1, -0.05) is 24.4 Å². The Balaban J connectivity index is 1.87. The van der Waals surface area contributed by atoms with E-state index in [-0.39, 0.29) is 0 Å². The van der Waals surface area contributed by atoms with E-state index >= 15 is 0 Å². The first-order valence-corrected chi connectivity index (χ1v) is 10.2. The van der Waals surface area contributed by atoms with Crippen LogP contribution < -0.4 is 9.47 Å². The molecule has 1 aromatic carbocycles. The second kappa shape index (κ2) is 7.89. The van der Waals surface area contributed by atoms with Gasteiger partial charge in [-0.25, -0.2) is 4.98 Å². The minimum absolute atomic E-state index is 0.323. The third-order valence-corrected chi connectivity index (χ3v) is 5.62. The summed E-state index contributed by atoms with van der Waals surface area (Å²) in [6.45, 7) is 5.21. The standard InChI is InChI=1S/C22H25ClN2O2/c1-3-26-19-11-16-15-7-5-6-8-18(15)25-22(14-9-10-21(23)24-13-14)17(16)12-20(19)27-4-2/h9-13,15,18H,3-8H2,1-2H3/t15-,18-/m1/s1. The van der Waals surface area contributed by atoms with Crippen LogP contribution in [0.3, 0.4) is 0 Å². The number of aromatic nitrogens is 1. The van der Waals surface area contributed by atoms with Crippen LogP contribution in [-0.2, 0) is 0 Å². The van der Waals surface area contributed by atoms with Gasteiger partial charge >= 0.3 is 0 Å². The molecule has 2 atom stereocenters. The highest BCUT2D eigenvalue weighted by Gasteiger charge is 2.34. The zero-order valence-corrected chi connectivity index (χ0v) is 16.6. The average Bonchev–Trinajstić information content (AvgIpc) is 2.69. The quantitative estimate of drug-likeness (QED) is 0.647. The first-order chi connectivity index (χ1) is 13.2. The lowest BCUT2D eigenvalue weighted by Gasteiger charge is -2.35. The van der Waals surface area contributed by atoms with Crippen molar-refractivity contribution in [3.63, 3.8) is 0 Å². The number of ether oxygens (including phenoxy) is 2. The molecule has 0 bridgehead atoms. The van der Waals surface area contributed by atoms with Gasteiger partial charge in [-0.2, -0.15) is 0 Å². The van der Waals surface area contributed by atoms with Crippen LogP contribution >= 0.6 is 11.6 Å². The Hall–Kier alpha value is -2.07. The summed E-state index contributed by atoms with van der Waals surface area (Å²) in [6.07, 6.45) is 6.61. The maximum Gasteiger partial charge on any atom is 0.161 e. The van der Waals surface area contributed by atoms with E-state index in [2.05, 4.69) is 17.1 Å². The number of hydrogen-bond donors (Lipinski definition) is 0. The number of rotatable bonds is 5. The van der Waals surface area contributed by atoms with Gasteiger partial charge in [-0.15, -0.1) is 0 Å².